The van der Waals surface area contributed by atoms with Gasteiger partial charge in [0.25, 0.3) is 0 Å². The van der Waals surface area contributed by atoms with Crippen LogP contribution in [0.5, 0.6) is 5.88 Å². The van der Waals surface area contributed by atoms with E-state index in [9.17, 15) is 0 Å². The number of morpholine rings is 1. The van der Waals surface area contributed by atoms with E-state index in [1.54, 1.807) is 11.8 Å². The second-order valence-corrected chi connectivity index (χ2v) is 4.70. The van der Waals surface area contributed by atoms with E-state index in [1.807, 2.05) is 14.0 Å². The van der Waals surface area contributed by atoms with Crippen LogP contribution in [-0.4, -0.2) is 54.6 Å². The van der Waals surface area contributed by atoms with Gasteiger partial charge in [0.15, 0.2) is 0 Å². The molecule has 0 aromatic carbocycles. The van der Waals surface area contributed by atoms with Crippen LogP contribution in [0.15, 0.2) is 0 Å². The van der Waals surface area contributed by atoms with Gasteiger partial charge in [-0.1, -0.05) is 0 Å². The first-order valence-electron chi connectivity index (χ1n) is 6.19. The van der Waals surface area contributed by atoms with Crippen molar-refractivity contribution in [2.45, 2.75) is 19.1 Å². The highest BCUT2D eigenvalue weighted by Gasteiger charge is 2.35. The third kappa shape index (κ3) is 2.11. The number of ether oxygens (including phenoxy) is 2. The number of aryl methyl sites for hydroxylation is 2. The lowest BCUT2D eigenvalue weighted by molar-refractivity contribution is -0.0584. The van der Waals surface area contributed by atoms with Gasteiger partial charge in [-0.25, -0.2) is 4.68 Å². The fourth-order valence-electron chi connectivity index (χ4n) is 2.70. The average Bonchev–Trinajstić information content (AvgIpc) is 2.63. The average molecular weight is 254 g/mol. The lowest BCUT2D eigenvalue weighted by atomic mass is 9.98. The molecule has 6 heteroatoms. The molecule has 1 aliphatic heterocycles. The van der Waals surface area contributed by atoms with Crippen molar-refractivity contribution in [1.29, 1.82) is 0 Å². The smallest absolute Gasteiger partial charge is 0.216 e. The van der Waals surface area contributed by atoms with E-state index in [4.69, 9.17) is 15.2 Å². The highest BCUT2D eigenvalue weighted by Crippen LogP contribution is 2.35. The molecule has 2 unspecified atom stereocenters. The molecule has 1 aliphatic rings. The highest BCUT2D eigenvalue weighted by atomic mass is 16.5. The van der Waals surface area contributed by atoms with E-state index < -0.39 is 0 Å². The predicted molar refractivity (Wildman–Crippen MR) is 68.7 cm³/mol. The zero-order valence-electron chi connectivity index (χ0n) is 11.5. The van der Waals surface area contributed by atoms with Crippen molar-refractivity contribution >= 4 is 0 Å². The zero-order valence-corrected chi connectivity index (χ0v) is 11.5. The molecule has 0 saturated carbocycles. The summed E-state index contributed by atoms with van der Waals surface area (Å²) in [6.45, 7) is 4.09. The molecule has 2 N–H and O–H groups in total. The molecule has 0 amide bonds. The topological polar surface area (TPSA) is 65.5 Å². The number of rotatable bonds is 3. The van der Waals surface area contributed by atoms with Gasteiger partial charge in [0.2, 0.25) is 5.88 Å². The second kappa shape index (κ2) is 5.26. The normalized spacial score (nSPS) is 25.4. The van der Waals surface area contributed by atoms with Crippen molar-refractivity contribution in [3.05, 3.63) is 11.3 Å². The third-order valence-corrected chi connectivity index (χ3v) is 3.54. The van der Waals surface area contributed by atoms with Crippen LogP contribution in [0.1, 0.15) is 17.3 Å². The highest BCUT2D eigenvalue weighted by molar-refractivity contribution is 5.35. The maximum atomic E-state index is 5.82. The second-order valence-electron chi connectivity index (χ2n) is 4.70. The van der Waals surface area contributed by atoms with Crippen molar-refractivity contribution in [3.8, 4) is 5.88 Å². The van der Waals surface area contributed by atoms with Crippen LogP contribution in [0, 0.1) is 6.92 Å². The maximum Gasteiger partial charge on any atom is 0.216 e. The van der Waals surface area contributed by atoms with Gasteiger partial charge >= 0.3 is 0 Å². The summed E-state index contributed by atoms with van der Waals surface area (Å²) in [6.07, 6.45) is -0.0134. The van der Waals surface area contributed by atoms with Crippen LogP contribution in [-0.2, 0) is 11.8 Å². The molecule has 0 radical (unpaired) electrons. The molecule has 1 saturated heterocycles. The Labute approximate surface area is 108 Å². The van der Waals surface area contributed by atoms with Gasteiger partial charge in [0.05, 0.1) is 37.1 Å². The minimum absolute atomic E-state index is 0.0134. The number of nitrogens with zero attached hydrogens (tertiary/aromatic N) is 3. The molecule has 2 heterocycles. The van der Waals surface area contributed by atoms with Gasteiger partial charge in [-0.05, 0) is 14.0 Å². The Kier molecular flexibility index (Phi) is 3.89. The van der Waals surface area contributed by atoms with E-state index in [0.717, 1.165) is 30.3 Å². The summed E-state index contributed by atoms with van der Waals surface area (Å²) in [5.41, 5.74) is 7.87. The first-order valence-corrected chi connectivity index (χ1v) is 6.19. The van der Waals surface area contributed by atoms with Crippen LogP contribution in [0.25, 0.3) is 0 Å². The van der Waals surface area contributed by atoms with Crippen LogP contribution in [0.3, 0.4) is 0 Å². The lowest BCUT2D eigenvalue weighted by Crippen LogP contribution is -2.46. The van der Waals surface area contributed by atoms with Crippen molar-refractivity contribution in [3.63, 3.8) is 0 Å². The fraction of sp³-hybridized carbons (Fsp3) is 0.750. The van der Waals surface area contributed by atoms with E-state index >= 15 is 0 Å². The van der Waals surface area contributed by atoms with E-state index in [2.05, 4.69) is 17.0 Å². The van der Waals surface area contributed by atoms with Crippen LogP contribution < -0.4 is 10.5 Å². The Morgan fingerprint density at radius 1 is 1.50 bits per heavy atom. The SMILES string of the molecule is COc1c(C2C(CN)OCCN2C)c(C)nn1C. The van der Waals surface area contributed by atoms with Gasteiger partial charge in [-0.15, -0.1) is 0 Å². The summed E-state index contributed by atoms with van der Waals surface area (Å²) in [4.78, 5) is 2.26. The van der Waals surface area contributed by atoms with E-state index in [1.165, 1.54) is 0 Å². The molecular weight excluding hydrogens is 232 g/mol. The molecule has 1 aromatic rings. The number of hydrogen-bond donors (Lipinski definition) is 1. The van der Waals surface area contributed by atoms with Crippen molar-refractivity contribution in [2.75, 3.05) is 33.9 Å². The van der Waals surface area contributed by atoms with Crippen molar-refractivity contribution in [1.82, 2.24) is 14.7 Å². The van der Waals surface area contributed by atoms with Crippen LogP contribution in [0.4, 0.5) is 0 Å². The predicted octanol–water partition coefficient (Wildman–Crippen LogP) is 0.0675. The first-order chi connectivity index (χ1) is 8.60. The molecule has 1 fully saturated rings. The quantitative estimate of drug-likeness (QED) is 0.827. The summed E-state index contributed by atoms with van der Waals surface area (Å²) in [6, 6.07) is 0.104. The summed E-state index contributed by atoms with van der Waals surface area (Å²) in [5.74, 6) is 0.785. The number of hydrogen-bond acceptors (Lipinski definition) is 5. The largest absolute Gasteiger partial charge is 0.481 e. The summed E-state index contributed by atoms with van der Waals surface area (Å²) in [5, 5.41) is 4.43. The van der Waals surface area contributed by atoms with Gasteiger partial charge in [0.1, 0.15) is 0 Å². The van der Waals surface area contributed by atoms with Gasteiger partial charge < -0.3 is 15.2 Å². The van der Waals surface area contributed by atoms with Crippen LogP contribution >= 0.6 is 0 Å². The molecular formula is C12H22N4O2. The molecule has 2 atom stereocenters. The van der Waals surface area contributed by atoms with Crippen molar-refractivity contribution < 1.29 is 9.47 Å². The Morgan fingerprint density at radius 3 is 2.83 bits per heavy atom. The van der Waals surface area contributed by atoms with Crippen LogP contribution in [0.2, 0.25) is 0 Å². The molecule has 0 spiro atoms. The summed E-state index contributed by atoms with van der Waals surface area (Å²) < 4.78 is 13.0. The molecule has 18 heavy (non-hydrogen) atoms. The Balaban J connectivity index is 2.44. The summed E-state index contributed by atoms with van der Waals surface area (Å²) >= 11 is 0. The minimum atomic E-state index is -0.0134. The molecule has 102 valence electrons. The standard InChI is InChI=1S/C12H22N4O2/c1-8-10(12(17-4)16(3)14-8)11-9(7-13)18-6-5-15(11)2/h9,11H,5-7,13H2,1-4H3. The van der Waals surface area contributed by atoms with E-state index in [-0.39, 0.29) is 12.1 Å². The Bertz CT molecular complexity index is 418. The number of likely N-dealkylation sites (N-methyl/N-ethyl adjacent to an activating group) is 1. The van der Waals surface area contributed by atoms with Crippen molar-refractivity contribution in [2.24, 2.45) is 12.8 Å². The number of aromatic nitrogens is 2. The number of methoxy groups -OCH3 is 1. The van der Waals surface area contributed by atoms with Gasteiger partial charge in [-0.2, -0.15) is 5.10 Å². The van der Waals surface area contributed by atoms with E-state index in [0.29, 0.717) is 6.54 Å². The van der Waals surface area contributed by atoms with Gasteiger partial charge in [0, 0.05) is 20.1 Å². The molecule has 1 aromatic heterocycles. The molecule has 0 aliphatic carbocycles. The molecule has 0 bridgehead atoms. The fourth-order valence-corrected chi connectivity index (χ4v) is 2.70. The Morgan fingerprint density at radius 2 is 2.22 bits per heavy atom. The summed E-state index contributed by atoms with van der Waals surface area (Å²) in [7, 11) is 5.64. The third-order valence-electron chi connectivity index (χ3n) is 3.54. The molecule has 2 rings (SSSR count). The first kappa shape index (κ1) is 13.3. The zero-order chi connectivity index (χ0) is 13.3. The minimum Gasteiger partial charge on any atom is -0.481 e. The lowest BCUT2D eigenvalue weighted by Gasteiger charge is -2.38. The van der Waals surface area contributed by atoms with Gasteiger partial charge in [-0.3, -0.25) is 4.90 Å². The maximum absolute atomic E-state index is 5.82. The number of nitrogens with two attached hydrogens (primary N) is 1. The Hall–Kier alpha value is -1.11. The monoisotopic (exact) mass is 254 g/mol. The molecule has 6 nitrogen and oxygen atoms in total.